The van der Waals surface area contributed by atoms with E-state index in [-0.39, 0.29) is 7.43 Å². The molecule has 0 aliphatic carbocycles. The average molecular weight is 979 g/mol. The molecule has 5 aromatic heterocycles. The maximum absolute atomic E-state index is 4.35. The Morgan fingerprint density at radius 2 is 0.712 bits per heavy atom. The minimum atomic E-state index is 0. The number of aromatic nitrogens is 5. The Balaban J connectivity index is 0.000000142. The van der Waals surface area contributed by atoms with Gasteiger partial charge in [0.15, 0.2) is 0 Å². The van der Waals surface area contributed by atoms with Crippen molar-refractivity contribution in [2.75, 3.05) is 34.3 Å². The number of hydrogen-bond donors (Lipinski definition) is 0. The largest absolute Gasteiger partial charge is 0.369 e. The van der Waals surface area contributed by atoms with Gasteiger partial charge in [0.05, 0.1) is 22.4 Å². The van der Waals surface area contributed by atoms with Gasteiger partial charge in [-0.15, -0.1) is 0 Å². The summed E-state index contributed by atoms with van der Waals surface area (Å²) in [5.41, 5.74) is 13.4. The van der Waals surface area contributed by atoms with Gasteiger partial charge in [0.2, 0.25) is 0 Å². The van der Waals surface area contributed by atoms with Gasteiger partial charge in [0, 0.05) is 116 Å². The molecule has 0 N–H and O–H groups in total. The highest BCUT2D eigenvalue weighted by molar-refractivity contribution is 5.81. The van der Waals surface area contributed by atoms with Gasteiger partial charge in [0.25, 0.3) is 0 Å². The lowest BCUT2D eigenvalue weighted by molar-refractivity contribution is 0.622. The minimum absolute atomic E-state index is 0. The highest BCUT2D eigenvalue weighted by Gasteiger charge is 2.22. The average Bonchev–Trinajstić information content (AvgIpc) is 4.25. The van der Waals surface area contributed by atoms with Crippen molar-refractivity contribution in [1.29, 1.82) is 0 Å². The topological polar surface area (TPSA) is 50.3 Å². The van der Waals surface area contributed by atoms with Gasteiger partial charge in [-0.3, -0.25) is 9.97 Å². The molecule has 73 heavy (non-hydrogen) atoms. The van der Waals surface area contributed by atoms with Crippen molar-refractivity contribution in [2.24, 2.45) is 0 Å². The van der Waals surface area contributed by atoms with Gasteiger partial charge in [-0.2, -0.15) is 0 Å². The molecule has 8 nitrogen and oxygen atoms in total. The molecule has 9 aromatic rings. The maximum atomic E-state index is 4.35. The molecule has 0 atom stereocenters. The number of rotatable bonds is 6. The first kappa shape index (κ1) is 55.5. The summed E-state index contributed by atoms with van der Waals surface area (Å²) in [5, 5.41) is 2.65. The highest BCUT2D eigenvalue weighted by Crippen LogP contribution is 2.31. The van der Waals surface area contributed by atoms with Gasteiger partial charge in [-0.25, -0.2) is 0 Å². The zero-order valence-corrected chi connectivity index (χ0v) is 45.5. The van der Waals surface area contributed by atoms with Crippen molar-refractivity contribution in [3.8, 4) is 0 Å². The zero-order chi connectivity index (χ0) is 51.3. The Kier molecular flexibility index (Phi) is 20.0. The summed E-state index contributed by atoms with van der Waals surface area (Å²) in [6.45, 7) is 30.1. The van der Waals surface area contributed by atoms with Crippen LogP contribution in [-0.4, -0.2) is 61.4 Å². The number of nitrogens with zero attached hydrogens (tertiary/aromatic N) is 8. The molecule has 3 aliphatic rings. The molecule has 0 amide bonds. The van der Waals surface area contributed by atoms with Crippen molar-refractivity contribution in [1.82, 2.24) is 23.7 Å². The van der Waals surface area contributed by atoms with Crippen molar-refractivity contribution in [3.63, 3.8) is 0 Å². The van der Waals surface area contributed by atoms with Crippen molar-refractivity contribution in [3.05, 3.63) is 187 Å². The zero-order valence-electron chi connectivity index (χ0n) is 45.5. The van der Waals surface area contributed by atoms with Crippen molar-refractivity contribution in [2.45, 2.75) is 146 Å². The standard InChI is InChI=1S/2C11H15N.2C11H13N.C10H14N2.C10H12N2.CH4/c4*1-9(2)12-8-7-10-5-3-4-6-11(10)12;2*1-8(2)12-7-5-9-10(12)4-3-6-11-9;/h2*3-6,9H,7-8H2,1-2H3;2*3-9H,1-2H3;3-4,6,8H,5,7H2,1-2H3;3-8H,1-2H3;1H4. The van der Waals surface area contributed by atoms with Crippen LogP contribution in [0.15, 0.2) is 171 Å². The van der Waals surface area contributed by atoms with Crippen LogP contribution in [0, 0.1) is 0 Å². The molecule has 0 fully saturated rings. The molecule has 0 saturated heterocycles. The molecule has 12 rings (SSSR count). The van der Waals surface area contributed by atoms with E-state index >= 15 is 0 Å². The summed E-state index contributed by atoms with van der Waals surface area (Å²) >= 11 is 0. The third-order valence-corrected chi connectivity index (χ3v) is 13.9. The molecule has 0 unspecified atom stereocenters. The second kappa shape index (κ2) is 26.2. The lowest BCUT2D eigenvalue weighted by Crippen LogP contribution is -2.28. The minimum Gasteiger partial charge on any atom is -0.369 e. The van der Waals surface area contributed by atoms with E-state index in [4.69, 9.17) is 0 Å². The first-order valence-electron chi connectivity index (χ1n) is 26.7. The Hall–Kier alpha value is -6.80. The Labute approximate surface area is 439 Å². The number of para-hydroxylation sites is 4. The number of hydrogen-bond acceptors (Lipinski definition) is 5. The maximum Gasteiger partial charge on any atom is 0.0880 e. The Bertz CT molecular complexity index is 2730. The lowest BCUT2D eigenvalue weighted by Gasteiger charge is -2.23. The number of anilines is 3. The Morgan fingerprint density at radius 3 is 1.21 bits per heavy atom. The second-order valence-electron chi connectivity index (χ2n) is 20.8. The molecular weight excluding hydrogens is 893 g/mol. The fraction of sp³-hybridized carbons (Fsp3) is 0.385. The summed E-state index contributed by atoms with van der Waals surface area (Å²) in [7, 11) is 0. The second-order valence-corrected chi connectivity index (χ2v) is 20.8. The SMILES string of the molecule is C.CC(C)N1CCc2ccccc21.CC(C)N1CCc2ccccc21.CC(C)N1CCc2ncccc21.CC(C)n1ccc2ccccc21.CC(C)n1ccc2ccccc21.CC(C)n1ccc2ncccc21. The number of benzene rings is 4. The first-order chi connectivity index (χ1) is 34.7. The van der Waals surface area contributed by atoms with Crippen LogP contribution in [0.1, 0.15) is 125 Å². The summed E-state index contributed by atoms with van der Waals surface area (Å²) in [4.78, 5) is 16.0. The molecule has 3 aliphatic heterocycles. The van der Waals surface area contributed by atoms with Crippen LogP contribution in [-0.2, 0) is 19.3 Å². The van der Waals surface area contributed by atoms with E-state index in [0.29, 0.717) is 36.3 Å². The molecule has 4 aromatic carbocycles. The summed E-state index contributed by atoms with van der Waals surface area (Å²) < 4.78 is 6.80. The highest BCUT2D eigenvalue weighted by atomic mass is 15.2. The van der Waals surface area contributed by atoms with Gasteiger partial charge in [-0.1, -0.05) is 80.2 Å². The monoisotopic (exact) mass is 979 g/mol. The van der Waals surface area contributed by atoms with Gasteiger partial charge >= 0.3 is 0 Å². The number of fused-ring (bicyclic) bond motifs is 6. The molecule has 0 radical (unpaired) electrons. The third kappa shape index (κ3) is 13.8. The molecular formula is C65H86N8. The quantitative estimate of drug-likeness (QED) is 0.166. The summed E-state index contributed by atoms with van der Waals surface area (Å²) in [5.74, 6) is 0. The molecule has 8 heteroatoms. The van der Waals surface area contributed by atoms with E-state index < -0.39 is 0 Å². The van der Waals surface area contributed by atoms with Crippen LogP contribution in [0.5, 0.6) is 0 Å². The molecule has 8 heterocycles. The lowest BCUT2D eigenvalue weighted by atomic mass is 10.2. The molecule has 0 saturated carbocycles. The van der Waals surface area contributed by atoms with Crippen LogP contribution in [0.25, 0.3) is 32.8 Å². The van der Waals surface area contributed by atoms with Gasteiger partial charge < -0.3 is 28.4 Å². The fourth-order valence-corrected chi connectivity index (χ4v) is 10.1. The van der Waals surface area contributed by atoms with Crippen LogP contribution < -0.4 is 14.7 Å². The van der Waals surface area contributed by atoms with E-state index in [9.17, 15) is 0 Å². The van der Waals surface area contributed by atoms with Gasteiger partial charge in [0.1, 0.15) is 0 Å². The fourth-order valence-electron chi connectivity index (χ4n) is 10.1. The third-order valence-electron chi connectivity index (χ3n) is 13.9. The Morgan fingerprint density at radius 1 is 0.342 bits per heavy atom. The van der Waals surface area contributed by atoms with E-state index in [2.05, 4.69) is 267 Å². The molecule has 0 spiro atoms. The van der Waals surface area contributed by atoms with Crippen molar-refractivity contribution >= 4 is 49.9 Å². The number of pyridine rings is 2. The van der Waals surface area contributed by atoms with E-state index in [1.807, 2.05) is 24.5 Å². The van der Waals surface area contributed by atoms with Gasteiger partial charge in [-0.05, 0) is 185 Å². The smallest absolute Gasteiger partial charge is 0.0880 e. The molecule has 0 bridgehead atoms. The summed E-state index contributed by atoms with van der Waals surface area (Å²) in [6.07, 6.45) is 13.6. The predicted molar refractivity (Wildman–Crippen MR) is 317 cm³/mol. The predicted octanol–water partition coefficient (Wildman–Crippen LogP) is 16.5. The van der Waals surface area contributed by atoms with Crippen LogP contribution in [0.2, 0.25) is 0 Å². The van der Waals surface area contributed by atoms with E-state index in [1.165, 1.54) is 87.1 Å². The van der Waals surface area contributed by atoms with Crippen LogP contribution >= 0.6 is 0 Å². The summed E-state index contributed by atoms with van der Waals surface area (Å²) in [6, 6.07) is 52.4. The van der Waals surface area contributed by atoms with Crippen LogP contribution in [0.3, 0.4) is 0 Å². The van der Waals surface area contributed by atoms with E-state index in [0.717, 1.165) is 18.5 Å². The van der Waals surface area contributed by atoms with Crippen molar-refractivity contribution < 1.29 is 0 Å². The van der Waals surface area contributed by atoms with Crippen LogP contribution in [0.4, 0.5) is 17.1 Å². The first-order valence-corrected chi connectivity index (χ1v) is 26.7. The van der Waals surface area contributed by atoms with E-state index in [1.54, 1.807) is 0 Å². The molecule has 386 valence electrons. The normalized spacial score (nSPS) is 13.2.